The molecule has 3 aromatic heterocycles. The minimum Gasteiger partial charge on any atom is -0.285 e. The summed E-state index contributed by atoms with van der Waals surface area (Å²) in [6, 6.07) is 3.80. The summed E-state index contributed by atoms with van der Waals surface area (Å²) >= 11 is 5.87. The largest absolute Gasteiger partial charge is 0.285 e. The van der Waals surface area contributed by atoms with Gasteiger partial charge >= 0.3 is 0 Å². The number of aryl methyl sites for hydroxylation is 2. The number of nitrogens with zero attached hydrogens (tertiary/aromatic N) is 5. The Hall–Kier alpha value is -2.71. The zero-order valence-corrected chi connectivity index (χ0v) is 12.8. The lowest BCUT2D eigenvalue weighted by molar-refractivity contribution is 0.919. The first-order valence-electron chi connectivity index (χ1n) is 6.60. The quantitative estimate of drug-likeness (QED) is 0.649. The molecule has 0 radical (unpaired) electrons. The Morgan fingerprint density at radius 1 is 1.14 bits per heavy atom. The van der Waals surface area contributed by atoms with Gasteiger partial charge in [0, 0.05) is 23.7 Å². The van der Waals surface area contributed by atoms with Gasteiger partial charge in [0.2, 0.25) is 0 Å². The molecule has 6 heteroatoms. The van der Waals surface area contributed by atoms with Crippen molar-refractivity contribution >= 4 is 11.6 Å². The second kappa shape index (κ2) is 5.96. The van der Waals surface area contributed by atoms with Crippen molar-refractivity contribution in [3.63, 3.8) is 0 Å². The smallest absolute Gasteiger partial charge is 0.158 e. The standard InChI is InChI=1S/C16H12ClN5/c1-11-7-13(5-6-19-11)3-4-14-10-22(12(2)20-14)16-9-18-8-15(17)21-16/h5-10H,1-2H3. The summed E-state index contributed by atoms with van der Waals surface area (Å²) < 4.78 is 1.81. The van der Waals surface area contributed by atoms with Gasteiger partial charge in [-0.15, -0.1) is 0 Å². The molecule has 0 aromatic carbocycles. The minimum absolute atomic E-state index is 0.338. The van der Waals surface area contributed by atoms with Crippen LogP contribution in [0, 0.1) is 25.7 Å². The maximum Gasteiger partial charge on any atom is 0.158 e. The Balaban J connectivity index is 1.93. The third kappa shape index (κ3) is 3.13. The molecule has 0 N–H and O–H groups in total. The molecule has 0 unspecified atom stereocenters. The molecule has 22 heavy (non-hydrogen) atoms. The summed E-state index contributed by atoms with van der Waals surface area (Å²) in [5.74, 6) is 7.51. The average molecular weight is 310 g/mol. The SMILES string of the molecule is Cc1cc(C#Cc2cn(-c3cncc(Cl)n3)c(C)n2)ccn1. The summed E-state index contributed by atoms with van der Waals surface area (Å²) in [5.41, 5.74) is 2.50. The van der Waals surface area contributed by atoms with E-state index in [1.54, 1.807) is 17.0 Å². The van der Waals surface area contributed by atoms with E-state index >= 15 is 0 Å². The number of imidazole rings is 1. The normalized spacial score (nSPS) is 10.1. The molecule has 0 spiro atoms. The Morgan fingerprint density at radius 3 is 2.77 bits per heavy atom. The minimum atomic E-state index is 0.338. The van der Waals surface area contributed by atoms with Gasteiger partial charge in [0.05, 0.1) is 12.4 Å². The van der Waals surface area contributed by atoms with Crippen molar-refractivity contribution in [2.24, 2.45) is 0 Å². The second-order valence-corrected chi connectivity index (χ2v) is 5.07. The second-order valence-electron chi connectivity index (χ2n) is 4.68. The topological polar surface area (TPSA) is 56.5 Å². The van der Waals surface area contributed by atoms with Crippen LogP contribution in [0.4, 0.5) is 0 Å². The van der Waals surface area contributed by atoms with Gasteiger partial charge in [0.1, 0.15) is 16.7 Å². The van der Waals surface area contributed by atoms with E-state index in [0.29, 0.717) is 16.7 Å². The molecule has 3 aromatic rings. The maximum absolute atomic E-state index is 5.87. The molecule has 108 valence electrons. The lowest BCUT2D eigenvalue weighted by atomic mass is 10.2. The van der Waals surface area contributed by atoms with E-state index in [4.69, 9.17) is 11.6 Å². The first kappa shape index (κ1) is 14.2. The van der Waals surface area contributed by atoms with E-state index in [-0.39, 0.29) is 0 Å². The van der Waals surface area contributed by atoms with Gasteiger partial charge in [-0.3, -0.25) is 14.5 Å². The molecule has 5 nitrogen and oxygen atoms in total. The third-order valence-corrected chi connectivity index (χ3v) is 3.14. The van der Waals surface area contributed by atoms with Crippen molar-refractivity contribution in [3.8, 4) is 17.7 Å². The Morgan fingerprint density at radius 2 is 2.00 bits per heavy atom. The van der Waals surface area contributed by atoms with Crippen molar-refractivity contribution in [1.82, 2.24) is 24.5 Å². The van der Waals surface area contributed by atoms with Gasteiger partial charge in [-0.2, -0.15) is 0 Å². The Kier molecular flexibility index (Phi) is 3.86. The van der Waals surface area contributed by atoms with E-state index in [2.05, 4.69) is 31.8 Å². The van der Waals surface area contributed by atoms with E-state index in [9.17, 15) is 0 Å². The maximum atomic E-state index is 5.87. The fourth-order valence-corrected chi connectivity index (χ4v) is 2.12. The number of rotatable bonds is 1. The van der Waals surface area contributed by atoms with Crippen LogP contribution in [0.1, 0.15) is 22.8 Å². The van der Waals surface area contributed by atoms with Crippen LogP contribution in [0.25, 0.3) is 5.82 Å². The number of hydrogen-bond donors (Lipinski definition) is 0. The Bertz CT molecular complexity index is 889. The van der Waals surface area contributed by atoms with E-state index in [0.717, 1.165) is 17.1 Å². The molecule has 0 aliphatic heterocycles. The molecule has 3 heterocycles. The van der Waals surface area contributed by atoms with Gasteiger partial charge in [-0.1, -0.05) is 17.5 Å². The highest BCUT2D eigenvalue weighted by atomic mass is 35.5. The molecular weight excluding hydrogens is 298 g/mol. The molecule has 0 atom stereocenters. The van der Waals surface area contributed by atoms with Crippen LogP contribution in [0.2, 0.25) is 5.15 Å². The first-order chi connectivity index (χ1) is 10.6. The fourth-order valence-electron chi connectivity index (χ4n) is 1.97. The van der Waals surface area contributed by atoms with E-state index in [1.807, 2.05) is 32.2 Å². The fraction of sp³-hybridized carbons (Fsp3) is 0.125. The molecular formula is C16H12ClN5. The molecule has 3 rings (SSSR count). The zero-order chi connectivity index (χ0) is 15.5. The summed E-state index contributed by atoms with van der Waals surface area (Å²) in [6.07, 6.45) is 6.68. The third-order valence-electron chi connectivity index (χ3n) is 2.95. The highest BCUT2D eigenvalue weighted by Crippen LogP contribution is 2.11. The molecule has 0 aliphatic rings. The monoisotopic (exact) mass is 309 g/mol. The van der Waals surface area contributed by atoms with Crippen LogP contribution >= 0.6 is 11.6 Å². The van der Waals surface area contributed by atoms with Gasteiger partial charge in [-0.05, 0) is 31.9 Å². The van der Waals surface area contributed by atoms with Crippen molar-refractivity contribution < 1.29 is 0 Å². The predicted octanol–water partition coefficient (Wildman–Crippen LogP) is 2.73. The van der Waals surface area contributed by atoms with Crippen LogP contribution in [0.15, 0.2) is 36.9 Å². The molecule has 0 bridgehead atoms. The highest BCUT2D eigenvalue weighted by Gasteiger charge is 2.06. The van der Waals surface area contributed by atoms with E-state index in [1.165, 1.54) is 6.20 Å². The average Bonchev–Trinajstić information content (AvgIpc) is 2.86. The number of pyridine rings is 1. The van der Waals surface area contributed by atoms with Gasteiger partial charge in [0.25, 0.3) is 0 Å². The summed E-state index contributed by atoms with van der Waals surface area (Å²) in [5, 5.41) is 0.338. The lowest BCUT2D eigenvalue weighted by Crippen LogP contribution is -1.99. The van der Waals surface area contributed by atoms with Gasteiger partial charge < -0.3 is 0 Å². The van der Waals surface area contributed by atoms with Crippen LogP contribution in [0.5, 0.6) is 0 Å². The van der Waals surface area contributed by atoms with Crippen molar-refractivity contribution in [2.75, 3.05) is 0 Å². The summed E-state index contributed by atoms with van der Waals surface area (Å²) in [4.78, 5) is 16.8. The van der Waals surface area contributed by atoms with Crippen LogP contribution in [-0.4, -0.2) is 24.5 Å². The van der Waals surface area contributed by atoms with Gasteiger partial charge in [0.15, 0.2) is 5.82 Å². The summed E-state index contributed by atoms with van der Waals surface area (Å²) in [7, 11) is 0. The first-order valence-corrected chi connectivity index (χ1v) is 6.98. The van der Waals surface area contributed by atoms with Crippen molar-refractivity contribution in [3.05, 3.63) is 64.8 Å². The Labute approximate surface area is 133 Å². The number of halogens is 1. The van der Waals surface area contributed by atoms with E-state index < -0.39 is 0 Å². The summed E-state index contributed by atoms with van der Waals surface area (Å²) in [6.45, 7) is 3.81. The molecule has 0 fully saturated rings. The van der Waals surface area contributed by atoms with Crippen LogP contribution in [0.3, 0.4) is 0 Å². The van der Waals surface area contributed by atoms with Crippen LogP contribution < -0.4 is 0 Å². The van der Waals surface area contributed by atoms with Crippen molar-refractivity contribution in [1.29, 1.82) is 0 Å². The molecule has 0 saturated carbocycles. The highest BCUT2D eigenvalue weighted by molar-refractivity contribution is 6.29. The van der Waals surface area contributed by atoms with Crippen LogP contribution in [-0.2, 0) is 0 Å². The molecule has 0 aliphatic carbocycles. The zero-order valence-electron chi connectivity index (χ0n) is 12.1. The van der Waals surface area contributed by atoms with Crippen molar-refractivity contribution in [2.45, 2.75) is 13.8 Å². The lowest BCUT2D eigenvalue weighted by Gasteiger charge is -2.02. The molecule has 0 saturated heterocycles. The molecule has 0 amide bonds. The van der Waals surface area contributed by atoms with Gasteiger partial charge in [-0.25, -0.2) is 9.97 Å². The number of aromatic nitrogens is 5. The number of hydrogen-bond acceptors (Lipinski definition) is 4. The predicted molar refractivity (Wildman–Crippen MR) is 83.9 cm³/mol.